The van der Waals surface area contributed by atoms with Gasteiger partial charge >= 0.3 is 0 Å². The fourth-order valence-electron chi connectivity index (χ4n) is 3.08. The molecule has 0 saturated carbocycles. The van der Waals surface area contributed by atoms with Crippen molar-refractivity contribution in [2.45, 2.75) is 25.9 Å². The van der Waals surface area contributed by atoms with Crippen molar-refractivity contribution in [3.05, 3.63) is 71.4 Å². The average molecular weight is 347 g/mol. The summed E-state index contributed by atoms with van der Waals surface area (Å²) in [5.74, 6) is 0.388. The third-order valence-corrected chi connectivity index (χ3v) is 4.51. The molecule has 3 rings (SSSR count). The molecule has 1 atom stereocenters. The minimum absolute atomic E-state index is 0.0991. The maximum atomic E-state index is 12.4. The fourth-order valence-corrected chi connectivity index (χ4v) is 3.08. The van der Waals surface area contributed by atoms with Crippen molar-refractivity contribution in [1.29, 1.82) is 5.26 Å². The van der Waals surface area contributed by atoms with E-state index in [0.717, 1.165) is 23.4 Å². The smallest absolute Gasteiger partial charge is 0.263 e. The van der Waals surface area contributed by atoms with E-state index in [1.165, 1.54) is 5.56 Å². The number of hydrogen-bond donors (Lipinski definition) is 1. The zero-order valence-corrected chi connectivity index (χ0v) is 14.9. The molecule has 1 aliphatic heterocycles. The molecule has 0 bridgehead atoms. The zero-order valence-electron chi connectivity index (χ0n) is 14.9. The van der Waals surface area contributed by atoms with Gasteiger partial charge in [-0.25, -0.2) is 0 Å². The normalized spacial score (nSPS) is 16.0. The van der Waals surface area contributed by atoms with Crippen LogP contribution >= 0.6 is 0 Å². The van der Waals surface area contributed by atoms with E-state index in [-0.39, 0.29) is 17.5 Å². The number of anilines is 1. The van der Waals surface area contributed by atoms with E-state index in [0.29, 0.717) is 6.54 Å². The summed E-state index contributed by atoms with van der Waals surface area (Å²) in [6, 6.07) is 17.7. The van der Waals surface area contributed by atoms with Crippen LogP contribution in [0.4, 0.5) is 5.69 Å². The number of nitrogens with zero attached hydrogens (tertiary/aromatic N) is 2. The van der Waals surface area contributed by atoms with Gasteiger partial charge in [0, 0.05) is 24.5 Å². The van der Waals surface area contributed by atoms with Gasteiger partial charge in [0.2, 0.25) is 0 Å². The number of hydrogen-bond acceptors (Lipinski definition) is 4. The van der Waals surface area contributed by atoms with Gasteiger partial charge in [0.1, 0.15) is 17.4 Å². The number of carbonyl (C=O) groups is 1. The lowest BCUT2D eigenvalue weighted by molar-refractivity contribution is -0.117. The predicted molar refractivity (Wildman–Crippen MR) is 101 cm³/mol. The molecular formula is C21H21N3O2. The van der Waals surface area contributed by atoms with Crippen molar-refractivity contribution in [2.75, 3.05) is 12.0 Å². The minimum Gasteiger partial charge on any atom is -0.497 e. The van der Waals surface area contributed by atoms with Gasteiger partial charge in [0.05, 0.1) is 7.11 Å². The van der Waals surface area contributed by atoms with Crippen molar-refractivity contribution < 1.29 is 9.53 Å². The van der Waals surface area contributed by atoms with Gasteiger partial charge in [-0.1, -0.05) is 30.3 Å². The highest BCUT2D eigenvalue weighted by atomic mass is 16.5. The second-order valence-electron chi connectivity index (χ2n) is 6.27. The van der Waals surface area contributed by atoms with Crippen LogP contribution in [0.3, 0.4) is 0 Å². The van der Waals surface area contributed by atoms with Crippen LogP contribution in [0, 0.1) is 11.3 Å². The largest absolute Gasteiger partial charge is 0.497 e. The Bertz CT molecular complexity index is 866. The van der Waals surface area contributed by atoms with Gasteiger partial charge in [-0.2, -0.15) is 5.26 Å². The van der Waals surface area contributed by atoms with Crippen LogP contribution in [0.25, 0.3) is 0 Å². The van der Waals surface area contributed by atoms with Crippen LogP contribution in [0.5, 0.6) is 5.75 Å². The molecule has 0 spiro atoms. The standard InChI is InChI=1S/C21H21N3O2/c1-15-11-17-5-3-4-6-20(17)24(15)14-18(12-22)21(25)23-13-16-7-9-19(26-2)10-8-16/h3-10,14-15H,11,13H2,1-2H3,(H,23,25)/b18-14-. The van der Waals surface area contributed by atoms with Gasteiger partial charge in [-0.15, -0.1) is 0 Å². The highest BCUT2D eigenvalue weighted by molar-refractivity contribution is 5.97. The molecule has 1 heterocycles. The summed E-state index contributed by atoms with van der Waals surface area (Å²) in [4.78, 5) is 14.4. The molecule has 1 amide bonds. The van der Waals surface area contributed by atoms with Crippen LogP contribution in [0.2, 0.25) is 0 Å². The molecule has 1 aliphatic rings. The Balaban J connectivity index is 1.70. The Hall–Kier alpha value is -3.26. The summed E-state index contributed by atoms with van der Waals surface area (Å²) in [6.45, 7) is 2.44. The third-order valence-electron chi connectivity index (χ3n) is 4.51. The average Bonchev–Trinajstić information content (AvgIpc) is 2.99. The first kappa shape index (κ1) is 17.6. The summed E-state index contributed by atoms with van der Waals surface area (Å²) in [6.07, 6.45) is 2.55. The molecule has 2 aromatic carbocycles. The lowest BCUT2D eigenvalue weighted by Gasteiger charge is -2.20. The first-order chi connectivity index (χ1) is 12.6. The highest BCUT2D eigenvalue weighted by Gasteiger charge is 2.25. The molecule has 26 heavy (non-hydrogen) atoms. The molecule has 0 fully saturated rings. The Morgan fingerprint density at radius 2 is 2.04 bits per heavy atom. The molecule has 2 aromatic rings. The van der Waals surface area contributed by atoms with Gasteiger partial charge in [0.25, 0.3) is 5.91 Å². The van der Waals surface area contributed by atoms with E-state index >= 15 is 0 Å². The van der Waals surface area contributed by atoms with Crippen LogP contribution in [-0.4, -0.2) is 19.1 Å². The molecule has 0 saturated heterocycles. The topological polar surface area (TPSA) is 65.4 Å². The summed E-state index contributed by atoms with van der Waals surface area (Å²) < 4.78 is 5.12. The first-order valence-electron chi connectivity index (χ1n) is 8.51. The number of ether oxygens (including phenoxy) is 1. The van der Waals surface area contributed by atoms with E-state index in [1.807, 2.05) is 53.4 Å². The lowest BCUT2D eigenvalue weighted by atomic mass is 10.1. The maximum absolute atomic E-state index is 12.4. The number of benzene rings is 2. The van der Waals surface area contributed by atoms with E-state index in [2.05, 4.69) is 18.3 Å². The van der Waals surface area contributed by atoms with Crippen LogP contribution in [-0.2, 0) is 17.8 Å². The molecule has 5 heteroatoms. The number of methoxy groups -OCH3 is 1. The van der Waals surface area contributed by atoms with Crippen LogP contribution < -0.4 is 15.0 Å². The van der Waals surface area contributed by atoms with E-state index in [9.17, 15) is 10.1 Å². The highest BCUT2D eigenvalue weighted by Crippen LogP contribution is 2.32. The molecule has 132 valence electrons. The number of carbonyl (C=O) groups excluding carboxylic acids is 1. The number of para-hydroxylation sites is 1. The SMILES string of the molecule is COc1ccc(CNC(=O)/C(C#N)=C\N2c3ccccc3CC2C)cc1. The molecule has 0 radical (unpaired) electrons. The van der Waals surface area contributed by atoms with Crippen molar-refractivity contribution in [2.24, 2.45) is 0 Å². The number of nitrogens with one attached hydrogen (secondary N) is 1. The number of rotatable bonds is 5. The summed E-state index contributed by atoms with van der Waals surface area (Å²) in [5, 5.41) is 12.2. The second kappa shape index (κ2) is 7.75. The monoisotopic (exact) mass is 347 g/mol. The Morgan fingerprint density at radius 3 is 2.73 bits per heavy atom. The number of fused-ring (bicyclic) bond motifs is 1. The predicted octanol–water partition coefficient (Wildman–Crippen LogP) is 3.17. The molecule has 1 N–H and O–H groups in total. The van der Waals surface area contributed by atoms with E-state index in [1.54, 1.807) is 13.3 Å². The van der Waals surface area contributed by atoms with E-state index < -0.39 is 0 Å². The molecular weight excluding hydrogens is 326 g/mol. The lowest BCUT2D eigenvalue weighted by Crippen LogP contribution is -2.28. The summed E-state index contributed by atoms with van der Waals surface area (Å²) >= 11 is 0. The summed E-state index contributed by atoms with van der Waals surface area (Å²) in [5.41, 5.74) is 3.32. The fraction of sp³-hybridized carbons (Fsp3) is 0.238. The quantitative estimate of drug-likeness (QED) is 0.666. The van der Waals surface area contributed by atoms with Gasteiger partial charge < -0.3 is 15.0 Å². The molecule has 1 unspecified atom stereocenters. The number of nitriles is 1. The van der Waals surface area contributed by atoms with Gasteiger partial charge in [-0.3, -0.25) is 4.79 Å². The number of amides is 1. The Kier molecular flexibility index (Phi) is 5.23. The van der Waals surface area contributed by atoms with Crippen molar-refractivity contribution in [3.8, 4) is 11.8 Å². The first-order valence-corrected chi connectivity index (χ1v) is 8.51. The third kappa shape index (κ3) is 3.70. The Labute approximate surface area is 153 Å². The maximum Gasteiger partial charge on any atom is 0.263 e. The second-order valence-corrected chi connectivity index (χ2v) is 6.27. The molecule has 0 aromatic heterocycles. The zero-order chi connectivity index (χ0) is 18.5. The van der Waals surface area contributed by atoms with Crippen LogP contribution in [0.15, 0.2) is 60.3 Å². The van der Waals surface area contributed by atoms with E-state index in [4.69, 9.17) is 4.74 Å². The minimum atomic E-state index is -0.375. The summed E-state index contributed by atoms with van der Waals surface area (Å²) in [7, 11) is 1.61. The molecule has 0 aliphatic carbocycles. The van der Waals surface area contributed by atoms with Crippen molar-refractivity contribution in [3.63, 3.8) is 0 Å². The van der Waals surface area contributed by atoms with Crippen molar-refractivity contribution in [1.82, 2.24) is 5.32 Å². The van der Waals surface area contributed by atoms with Gasteiger partial charge in [-0.05, 0) is 42.7 Å². The Morgan fingerprint density at radius 1 is 1.31 bits per heavy atom. The van der Waals surface area contributed by atoms with Gasteiger partial charge in [0.15, 0.2) is 0 Å². The van der Waals surface area contributed by atoms with Crippen LogP contribution in [0.1, 0.15) is 18.1 Å². The molecule has 5 nitrogen and oxygen atoms in total. The van der Waals surface area contributed by atoms with Crippen molar-refractivity contribution >= 4 is 11.6 Å².